The second-order valence-electron chi connectivity index (χ2n) is 6.73. The maximum absolute atomic E-state index is 12.5. The van der Waals surface area contributed by atoms with Gasteiger partial charge in [0.05, 0.1) is 5.92 Å². The van der Waals surface area contributed by atoms with E-state index in [1.165, 1.54) is 5.56 Å². The number of nitrogens with two attached hydrogens (primary N) is 1. The number of rotatable bonds is 6. The molecule has 2 unspecified atom stereocenters. The van der Waals surface area contributed by atoms with Gasteiger partial charge in [-0.05, 0) is 36.1 Å². The molecule has 3 rings (SSSR count). The molecule has 1 fully saturated rings. The lowest BCUT2D eigenvalue weighted by Gasteiger charge is -2.22. The molecule has 0 bridgehead atoms. The van der Waals surface area contributed by atoms with E-state index in [1.807, 2.05) is 43.3 Å². The highest BCUT2D eigenvalue weighted by molar-refractivity contribution is 9.10. The number of amides is 1. The minimum Gasteiger partial charge on any atom is -0.355 e. The first kappa shape index (κ1) is 20.0. The van der Waals surface area contributed by atoms with Crippen molar-refractivity contribution in [1.29, 1.82) is 0 Å². The van der Waals surface area contributed by atoms with Gasteiger partial charge < -0.3 is 11.1 Å². The van der Waals surface area contributed by atoms with Crippen LogP contribution in [0.2, 0.25) is 0 Å². The lowest BCUT2D eigenvalue weighted by Crippen LogP contribution is -2.39. The number of hydrogen-bond donors (Lipinski definition) is 2. The minimum atomic E-state index is -0.285. The highest BCUT2D eigenvalue weighted by Gasteiger charge is 2.44. The zero-order valence-electron chi connectivity index (χ0n) is 14.2. The van der Waals surface area contributed by atoms with Crippen molar-refractivity contribution in [3.8, 4) is 0 Å². The molecule has 3 nitrogen and oxygen atoms in total. The van der Waals surface area contributed by atoms with Crippen LogP contribution in [0.15, 0.2) is 59.1 Å². The number of hydrogen-bond acceptors (Lipinski definition) is 2. The number of halogens is 2. The van der Waals surface area contributed by atoms with Crippen LogP contribution in [0.5, 0.6) is 0 Å². The fourth-order valence-electron chi connectivity index (χ4n) is 3.08. The maximum Gasteiger partial charge on any atom is 0.224 e. The van der Waals surface area contributed by atoms with E-state index in [9.17, 15) is 4.79 Å². The summed E-state index contributed by atoms with van der Waals surface area (Å²) in [6.45, 7) is 2.57. The van der Waals surface area contributed by atoms with Crippen LogP contribution in [0.3, 0.4) is 0 Å². The molecule has 0 heterocycles. The molecule has 2 aromatic carbocycles. The van der Waals surface area contributed by atoms with Gasteiger partial charge in [0.15, 0.2) is 0 Å². The molecule has 3 N–H and O–H groups in total. The molecule has 0 spiro atoms. The summed E-state index contributed by atoms with van der Waals surface area (Å²) in [6.07, 6.45) is 2.23. The molecule has 1 saturated carbocycles. The predicted octanol–water partition coefficient (Wildman–Crippen LogP) is 4.35. The zero-order valence-corrected chi connectivity index (χ0v) is 16.6. The summed E-state index contributed by atoms with van der Waals surface area (Å²) in [5.41, 5.74) is 8.63. The maximum atomic E-state index is 12.5. The van der Waals surface area contributed by atoms with Crippen LogP contribution in [-0.4, -0.2) is 12.5 Å². The van der Waals surface area contributed by atoms with Gasteiger partial charge in [-0.2, -0.15) is 0 Å². The molecular formula is C20H24BrClN2O. The predicted molar refractivity (Wildman–Crippen MR) is 108 cm³/mol. The van der Waals surface area contributed by atoms with Gasteiger partial charge in [0.25, 0.3) is 0 Å². The van der Waals surface area contributed by atoms with Crippen LogP contribution >= 0.6 is 28.3 Å². The van der Waals surface area contributed by atoms with E-state index in [4.69, 9.17) is 5.73 Å². The van der Waals surface area contributed by atoms with Crippen molar-refractivity contribution < 1.29 is 4.79 Å². The Morgan fingerprint density at radius 1 is 1.20 bits per heavy atom. The molecule has 1 amide bonds. The molecule has 0 aromatic heterocycles. The van der Waals surface area contributed by atoms with Gasteiger partial charge in [0, 0.05) is 22.5 Å². The molecule has 5 heteroatoms. The van der Waals surface area contributed by atoms with E-state index < -0.39 is 0 Å². The van der Waals surface area contributed by atoms with E-state index in [1.54, 1.807) is 0 Å². The molecule has 2 atom stereocenters. The Bertz CT molecular complexity index is 719. The van der Waals surface area contributed by atoms with E-state index >= 15 is 0 Å². The van der Waals surface area contributed by atoms with Gasteiger partial charge in [-0.15, -0.1) is 12.4 Å². The fraction of sp³-hybridized carbons (Fsp3) is 0.350. The van der Waals surface area contributed by atoms with Crippen LogP contribution in [0.4, 0.5) is 0 Å². The first-order chi connectivity index (χ1) is 11.5. The van der Waals surface area contributed by atoms with Gasteiger partial charge in [-0.3, -0.25) is 4.79 Å². The molecule has 1 aliphatic rings. The Balaban J connectivity index is 0.00000225. The van der Waals surface area contributed by atoms with Gasteiger partial charge in [0.1, 0.15) is 0 Å². The Labute approximate surface area is 163 Å². The van der Waals surface area contributed by atoms with Crippen LogP contribution in [0, 0.1) is 5.92 Å². The van der Waals surface area contributed by atoms with Crippen molar-refractivity contribution in [2.24, 2.45) is 11.7 Å². The van der Waals surface area contributed by atoms with Crippen LogP contribution in [0.1, 0.15) is 36.9 Å². The van der Waals surface area contributed by atoms with Gasteiger partial charge in [-0.25, -0.2) is 0 Å². The summed E-state index contributed by atoms with van der Waals surface area (Å²) < 4.78 is 1.08. The normalized spacial score (nSPS) is 17.1. The van der Waals surface area contributed by atoms with Crippen molar-refractivity contribution in [2.75, 3.05) is 6.54 Å². The summed E-state index contributed by atoms with van der Waals surface area (Å²) in [6, 6.07) is 17.9. The minimum absolute atomic E-state index is 0. The molecular weight excluding hydrogens is 400 g/mol. The van der Waals surface area contributed by atoms with Crippen molar-refractivity contribution in [3.63, 3.8) is 0 Å². The van der Waals surface area contributed by atoms with Crippen LogP contribution < -0.4 is 11.1 Å². The third kappa shape index (κ3) is 4.63. The highest BCUT2D eigenvalue weighted by atomic mass is 79.9. The second kappa shape index (κ2) is 8.35. The summed E-state index contributed by atoms with van der Waals surface area (Å²) in [5, 5.41) is 3.12. The van der Waals surface area contributed by atoms with E-state index in [-0.39, 0.29) is 35.7 Å². The van der Waals surface area contributed by atoms with Gasteiger partial charge >= 0.3 is 0 Å². The highest BCUT2D eigenvalue weighted by Crippen LogP contribution is 2.48. The average molecular weight is 424 g/mol. The first-order valence-electron chi connectivity index (χ1n) is 8.36. The largest absolute Gasteiger partial charge is 0.355 e. The molecule has 0 saturated heterocycles. The fourth-order valence-corrected chi connectivity index (χ4v) is 3.48. The molecule has 0 aliphatic heterocycles. The number of carbonyl (C=O) groups is 1. The Morgan fingerprint density at radius 3 is 2.48 bits per heavy atom. The molecule has 134 valence electrons. The molecule has 2 aromatic rings. The molecule has 25 heavy (non-hydrogen) atoms. The number of nitrogens with one attached hydrogen (secondary N) is 1. The van der Waals surface area contributed by atoms with E-state index in [0.717, 1.165) is 22.9 Å². The Hall–Kier alpha value is -1.36. The van der Waals surface area contributed by atoms with Crippen molar-refractivity contribution in [1.82, 2.24) is 5.32 Å². The third-order valence-electron chi connectivity index (χ3n) is 5.03. The van der Waals surface area contributed by atoms with Gasteiger partial charge in [0.2, 0.25) is 5.91 Å². The number of benzene rings is 2. The Morgan fingerprint density at radius 2 is 1.88 bits per heavy atom. The van der Waals surface area contributed by atoms with E-state index in [2.05, 4.69) is 39.4 Å². The third-order valence-corrected chi connectivity index (χ3v) is 5.52. The second-order valence-corrected chi connectivity index (χ2v) is 7.65. The summed E-state index contributed by atoms with van der Waals surface area (Å²) in [4.78, 5) is 12.5. The monoisotopic (exact) mass is 422 g/mol. The standard InChI is InChI=1S/C20H23BrN2O.ClH/c1-14(18(22)15-6-3-2-4-7-15)19(24)23-13-20(10-11-20)16-8-5-9-17(21)12-16;/h2-9,12,14,18H,10-11,13,22H2,1H3,(H,23,24);1H. The van der Waals surface area contributed by atoms with E-state index in [0.29, 0.717) is 6.54 Å². The topological polar surface area (TPSA) is 55.1 Å². The SMILES string of the molecule is CC(C(=O)NCC1(c2cccc(Br)c2)CC1)C(N)c1ccccc1.Cl. The van der Waals surface area contributed by atoms with Crippen molar-refractivity contribution >= 4 is 34.2 Å². The lowest BCUT2D eigenvalue weighted by atomic mass is 9.93. The average Bonchev–Trinajstić information content (AvgIpc) is 3.40. The molecule has 0 radical (unpaired) electrons. The lowest BCUT2D eigenvalue weighted by molar-refractivity contribution is -0.125. The first-order valence-corrected chi connectivity index (χ1v) is 9.15. The summed E-state index contributed by atoms with van der Waals surface area (Å²) in [5.74, 6) is -0.238. The summed E-state index contributed by atoms with van der Waals surface area (Å²) >= 11 is 3.53. The van der Waals surface area contributed by atoms with Gasteiger partial charge in [-0.1, -0.05) is 65.3 Å². The van der Waals surface area contributed by atoms with Crippen LogP contribution in [0.25, 0.3) is 0 Å². The van der Waals surface area contributed by atoms with Crippen molar-refractivity contribution in [3.05, 3.63) is 70.2 Å². The van der Waals surface area contributed by atoms with Crippen molar-refractivity contribution in [2.45, 2.75) is 31.2 Å². The van der Waals surface area contributed by atoms with Crippen LogP contribution in [-0.2, 0) is 10.2 Å². The molecule has 1 aliphatic carbocycles. The quantitative estimate of drug-likeness (QED) is 0.725. The smallest absolute Gasteiger partial charge is 0.224 e. The number of carbonyl (C=O) groups excluding carboxylic acids is 1. The summed E-state index contributed by atoms with van der Waals surface area (Å²) in [7, 11) is 0. The Kier molecular flexibility index (Phi) is 6.66. The zero-order chi connectivity index (χ0) is 17.2.